The average molecular weight is 386 g/mol. The van der Waals surface area contributed by atoms with Gasteiger partial charge in [0.1, 0.15) is 11.6 Å². The lowest BCUT2D eigenvalue weighted by molar-refractivity contribution is -0.159. The fraction of sp³-hybridized carbons (Fsp3) is 0.368. The van der Waals surface area contributed by atoms with Gasteiger partial charge in [-0.05, 0) is 39.0 Å². The molecule has 0 aliphatic carbocycles. The van der Waals surface area contributed by atoms with Gasteiger partial charge in [0, 0.05) is 12.7 Å². The molecule has 142 valence electrons. The Bertz CT molecular complexity index is 945. The number of aryl methyl sites for hydroxylation is 2. The normalized spacial score (nSPS) is 12.1. The van der Waals surface area contributed by atoms with Crippen molar-refractivity contribution in [3.8, 4) is 0 Å². The summed E-state index contributed by atoms with van der Waals surface area (Å²) >= 11 is 1.55. The van der Waals surface area contributed by atoms with Crippen molar-refractivity contribution in [2.24, 2.45) is 0 Å². The molecule has 1 unspecified atom stereocenters. The van der Waals surface area contributed by atoms with Crippen molar-refractivity contribution in [2.75, 3.05) is 7.05 Å². The van der Waals surface area contributed by atoms with Crippen LogP contribution < -0.4 is 0 Å². The second kappa shape index (κ2) is 7.87. The maximum atomic E-state index is 12.5. The predicted octanol–water partition coefficient (Wildman–Crippen LogP) is 2.70. The molecule has 0 bridgehead atoms. The molecule has 0 radical (unpaired) electrons. The van der Waals surface area contributed by atoms with Gasteiger partial charge in [-0.25, -0.2) is 4.98 Å². The summed E-state index contributed by atoms with van der Waals surface area (Å²) in [7, 11) is 1.68. The quantitative estimate of drug-likeness (QED) is 0.609. The highest BCUT2D eigenvalue weighted by Crippen LogP contribution is 2.22. The Hall–Kier alpha value is -2.74. The first-order valence-corrected chi connectivity index (χ1v) is 9.45. The van der Waals surface area contributed by atoms with E-state index in [1.807, 2.05) is 44.2 Å². The summed E-state index contributed by atoms with van der Waals surface area (Å²) < 4.78 is 7.94. The highest BCUT2D eigenvalue weighted by Gasteiger charge is 2.23. The van der Waals surface area contributed by atoms with Crippen LogP contribution in [0.15, 0.2) is 30.3 Å². The Kier molecular flexibility index (Phi) is 5.55. The van der Waals surface area contributed by atoms with Crippen LogP contribution in [-0.2, 0) is 27.4 Å². The maximum Gasteiger partial charge on any atom is 0.328 e. The molecule has 0 saturated heterocycles. The summed E-state index contributed by atoms with van der Waals surface area (Å²) in [5.74, 6) is -0.758. The third-order valence-corrected chi connectivity index (χ3v) is 5.15. The van der Waals surface area contributed by atoms with E-state index in [9.17, 15) is 9.59 Å². The predicted molar refractivity (Wildman–Crippen MR) is 103 cm³/mol. The first-order valence-electron chi connectivity index (χ1n) is 8.63. The Morgan fingerprint density at radius 2 is 2.04 bits per heavy atom. The number of para-hydroxylation sites is 1. The van der Waals surface area contributed by atoms with Gasteiger partial charge in [0.25, 0.3) is 5.91 Å². The zero-order chi connectivity index (χ0) is 19.6. The van der Waals surface area contributed by atoms with Crippen LogP contribution in [0.25, 0.3) is 10.2 Å². The molecular weight excluding hydrogens is 364 g/mol. The Morgan fingerprint density at radius 3 is 2.70 bits per heavy atom. The largest absolute Gasteiger partial charge is 0.451 e. The third kappa shape index (κ3) is 4.51. The topological polar surface area (TPSA) is 77.3 Å². The summed E-state index contributed by atoms with van der Waals surface area (Å²) in [4.78, 5) is 30.7. The number of esters is 1. The minimum Gasteiger partial charge on any atom is -0.451 e. The number of benzene rings is 1. The van der Waals surface area contributed by atoms with E-state index < -0.39 is 12.1 Å². The van der Waals surface area contributed by atoms with E-state index >= 15 is 0 Å². The van der Waals surface area contributed by atoms with Crippen molar-refractivity contribution in [3.63, 3.8) is 0 Å². The number of hydrogen-bond acceptors (Lipinski definition) is 6. The summed E-state index contributed by atoms with van der Waals surface area (Å²) in [5, 5.41) is 5.07. The lowest BCUT2D eigenvalue weighted by atomic mass is 10.3. The number of hydrogen-bond donors (Lipinski definition) is 0. The van der Waals surface area contributed by atoms with Crippen LogP contribution in [0, 0.1) is 13.8 Å². The number of carbonyl (C=O) groups excluding carboxylic acids is 2. The van der Waals surface area contributed by atoms with Crippen LogP contribution in [0.3, 0.4) is 0 Å². The second-order valence-electron chi connectivity index (χ2n) is 6.49. The SMILES string of the molecule is Cc1cc(C)n(CC(=O)OC(C)C(=O)N(C)Cc2nc3ccccc3s2)n1. The van der Waals surface area contributed by atoms with Crippen molar-refractivity contribution in [1.29, 1.82) is 0 Å². The van der Waals surface area contributed by atoms with Gasteiger partial charge in [-0.15, -0.1) is 11.3 Å². The van der Waals surface area contributed by atoms with Crippen LogP contribution in [-0.4, -0.2) is 44.7 Å². The van der Waals surface area contributed by atoms with Gasteiger partial charge in [0.15, 0.2) is 6.10 Å². The van der Waals surface area contributed by atoms with E-state index in [1.165, 1.54) is 4.90 Å². The standard InChI is InChI=1S/C19H22N4O3S/c1-12-9-13(2)23(21-12)11-18(24)26-14(3)19(25)22(4)10-17-20-15-7-5-6-8-16(15)27-17/h5-9,14H,10-11H2,1-4H3. The van der Waals surface area contributed by atoms with Gasteiger partial charge in [0.2, 0.25) is 0 Å². The summed E-state index contributed by atoms with van der Waals surface area (Å²) in [5.41, 5.74) is 2.62. The fourth-order valence-corrected chi connectivity index (χ4v) is 3.84. The number of carbonyl (C=O) groups is 2. The minimum atomic E-state index is -0.867. The monoisotopic (exact) mass is 386 g/mol. The molecule has 0 fully saturated rings. The van der Waals surface area contributed by atoms with E-state index in [1.54, 1.807) is 30.0 Å². The zero-order valence-electron chi connectivity index (χ0n) is 15.8. The van der Waals surface area contributed by atoms with Gasteiger partial charge in [0.05, 0.1) is 22.5 Å². The molecule has 8 heteroatoms. The Labute approximate surface area is 161 Å². The molecule has 0 aliphatic heterocycles. The highest BCUT2D eigenvalue weighted by atomic mass is 32.1. The van der Waals surface area contributed by atoms with E-state index in [0.717, 1.165) is 26.6 Å². The number of fused-ring (bicyclic) bond motifs is 1. The van der Waals surface area contributed by atoms with Crippen LogP contribution in [0.5, 0.6) is 0 Å². The van der Waals surface area contributed by atoms with Gasteiger partial charge < -0.3 is 9.64 Å². The molecule has 0 spiro atoms. The average Bonchev–Trinajstić information content (AvgIpc) is 3.15. The minimum absolute atomic E-state index is 0.0150. The third-order valence-electron chi connectivity index (χ3n) is 4.13. The summed E-state index contributed by atoms with van der Waals surface area (Å²) in [6, 6.07) is 9.73. The molecule has 2 heterocycles. The highest BCUT2D eigenvalue weighted by molar-refractivity contribution is 7.18. The number of rotatable bonds is 6. The number of amides is 1. The smallest absolute Gasteiger partial charge is 0.328 e. The van der Waals surface area contributed by atoms with Crippen molar-refractivity contribution in [2.45, 2.75) is 40.0 Å². The van der Waals surface area contributed by atoms with Crippen LogP contribution in [0.2, 0.25) is 0 Å². The second-order valence-corrected chi connectivity index (χ2v) is 7.60. The molecule has 7 nitrogen and oxygen atoms in total. The van der Waals surface area contributed by atoms with Crippen molar-refractivity contribution < 1.29 is 14.3 Å². The van der Waals surface area contributed by atoms with Gasteiger partial charge in [-0.3, -0.25) is 14.3 Å². The van der Waals surface area contributed by atoms with Gasteiger partial charge in [-0.1, -0.05) is 12.1 Å². The van der Waals surface area contributed by atoms with Crippen molar-refractivity contribution in [1.82, 2.24) is 19.7 Å². The van der Waals surface area contributed by atoms with Gasteiger partial charge >= 0.3 is 5.97 Å². The first-order chi connectivity index (χ1) is 12.8. The molecule has 0 aliphatic rings. The first kappa shape index (κ1) is 19.0. The fourth-order valence-electron chi connectivity index (χ4n) is 2.82. The van der Waals surface area contributed by atoms with E-state index in [4.69, 9.17) is 4.74 Å². The number of nitrogens with zero attached hydrogens (tertiary/aromatic N) is 4. The van der Waals surface area contributed by atoms with Crippen LogP contribution >= 0.6 is 11.3 Å². The van der Waals surface area contributed by atoms with Gasteiger partial charge in [-0.2, -0.15) is 5.10 Å². The molecule has 1 amide bonds. The lowest BCUT2D eigenvalue weighted by Gasteiger charge is -2.20. The molecule has 3 aromatic rings. The van der Waals surface area contributed by atoms with Crippen LogP contribution in [0.4, 0.5) is 0 Å². The van der Waals surface area contributed by atoms with E-state index in [-0.39, 0.29) is 12.5 Å². The number of thiazole rings is 1. The number of likely N-dealkylation sites (N-methyl/N-ethyl adjacent to an activating group) is 1. The summed E-state index contributed by atoms with van der Waals surface area (Å²) in [6.07, 6.45) is -0.867. The summed E-state index contributed by atoms with van der Waals surface area (Å²) in [6.45, 7) is 5.66. The lowest BCUT2D eigenvalue weighted by Crippen LogP contribution is -2.37. The molecule has 0 N–H and O–H groups in total. The molecule has 1 aromatic carbocycles. The molecular formula is C19H22N4O3S. The molecule has 1 atom stereocenters. The molecule has 3 rings (SSSR count). The molecule has 2 aromatic heterocycles. The molecule has 27 heavy (non-hydrogen) atoms. The molecule has 0 saturated carbocycles. The van der Waals surface area contributed by atoms with Crippen molar-refractivity contribution >= 4 is 33.4 Å². The number of ether oxygens (including phenoxy) is 1. The van der Waals surface area contributed by atoms with Crippen molar-refractivity contribution in [3.05, 3.63) is 46.7 Å². The Balaban J connectivity index is 1.57. The zero-order valence-corrected chi connectivity index (χ0v) is 16.6. The van der Waals surface area contributed by atoms with Crippen LogP contribution in [0.1, 0.15) is 23.3 Å². The number of aromatic nitrogens is 3. The van der Waals surface area contributed by atoms with E-state index in [0.29, 0.717) is 6.54 Å². The van der Waals surface area contributed by atoms with E-state index in [2.05, 4.69) is 10.1 Å². The Morgan fingerprint density at radius 1 is 1.30 bits per heavy atom. The maximum absolute atomic E-state index is 12.5.